The van der Waals surface area contributed by atoms with E-state index >= 15 is 0 Å². The Balaban J connectivity index is 0.00000242. The number of hydrogen-bond donors (Lipinski definition) is 2. The number of benzene rings is 1. The van der Waals surface area contributed by atoms with Crippen LogP contribution in [0.3, 0.4) is 0 Å². The molecule has 0 aliphatic heterocycles. The molecule has 0 amide bonds. The Hall–Kier alpha value is -0.0500. The summed E-state index contributed by atoms with van der Waals surface area (Å²) in [5.41, 5.74) is 5.70. The van der Waals surface area contributed by atoms with Gasteiger partial charge in [0.1, 0.15) is 4.90 Å². The fourth-order valence-corrected chi connectivity index (χ4v) is 5.39. The van der Waals surface area contributed by atoms with Gasteiger partial charge in [-0.15, -0.1) is 12.4 Å². The lowest BCUT2D eigenvalue weighted by Gasteiger charge is -2.20. The Morgan fingerprint density at radius 2 is 2.14 bits per heavy atom. The standard InChI is InChI=1S/C13H18BrClN2O3S.ClH/c1-20-13-10(14)5-9(15)6-12(13)21(18,19)17-11-4-2-3-8(11)7-16;/h5-6,8,11,17H,2-4,7,16H2,1H3;1H. The summed E-state index contributed by atoms with van der Waals surface area (Å²) in [5, 5.41) is 0.324. The van der Waals surface area contributed by atoms with Crippen LogP contribution in [0.2, 0.25) is 5.02 Å². The first-order valence-corrected chi connectivity index (χ1v) is 9.30. The zero-order chi connectivity index (χ0) is 15.6. The number of hydrogen-bond acceptors (Lipinski definition) is 4. The van der Waals surface area contributed by atoms with Gasteiger partial charge in [-0.05, 0) is 53.4 Å². The lowest BCUT2D eigenvalue weighted by Crippen LogP contribution is -2.39. The molecule has 1 aliphatic carbocycles. The number of nitrogens with two attached hydrogens (primary N) is 1. The van der Waals surface area contributed by atoms with Crippen molar-refractivity contribution in [2.75, 3.05) is 13.7 Å². The van der Waals surface area contributed by atoms with Crippen molar-refractivity contribution in [2.45, 2.75) is 30.2 Å². The molecule has 2 atom stereocenters. The predicted octanol–water partition coefficient (Wildman–Crippen LogP) is 2.94. The molecule has 0 heterocycles. The van der Waals surface area contributed by atoms with Gasteiger partial charge in [0.25, 0.3) is 0 Å². The number of ether oxygens (including phenoxy) is 1. The van der Waals surface area contributed by atoms with Crippen LogP contribution in [0, 0.1) is 5.92 Å². The topological polar surface area (TPSA) is 81.4 Å². The molecule has 0 radical (unpaired) electrons. The minimum Gasteiger partial charge on any atom is -0.494 e. The Morgan fingerprint density at radius 3 is 2.73 bits per heavy atom. The first kappa shape index (κ1) is 20.0. The smallest absolute Gasteiger partial charge is 0.244 e. The molecule has 0 bridgehead atoms. The maximum Gasteiger partial charge on any atom is 0.244 e. The summed E-state index contributed by atoms with van der Waals surface area (Å²) in [6, 6.07) is 2.85. The van der Waals surface area contributed by atoms with Gasteiger partial charge in [0.15, 0.2) is 5.75 Å². The molecule has 1 aromatic carbocycles. The van der Waals surface area contributed by atoms with E-state index in [2.05, 4.69) is 20.7 Å². The van der Waals surface area contributed by atoms with Crippen molar-refractivity contribution in [3.8, 4) is 5.75 Å². The zero-order valence-corrected chi connectivity index (χ0v) is 16.0. The van der Waals surface area contributed by atoms with Gasteiger partial charge in [-0.25, -0.2) is 13.1 Å². The first-order chi connectivity index (χ1) is 9.89. The molecule has 1 saturated carbocycles. The number of methoxy groups -OCH3 is 1. The summed E-state index contributed by atoms with van der Waals surface area (Å²) in [7, 11) is -2.30. The molecule has 1 aliphatic rings. The van der Waals surface area contributed by atoms with Crippen molar-refractivity contribution in [3.63, 3.8) is 0 Å². The summed E-state index contributed by atoms with van der Waals surface area (Å²) in [4.78, 5) is 0.0343. The van der Waals surface area contributed by atoms with Crippen LogP contribution in [0.4, 0.5) is 0 Å². The summed E-state index contributed by atoms with van der Waals surface area (Å²) in [6.45, 7) is 0.476. The number of rotatable bonds is 5. The molecule has 2 unspecified atom stereocenters. The van der Waals surface area contributed by atoms with Gasteiger partial charge in [0.2, 0.25) is 10.0 Å². The van der Waals surface area contributed by atoms with Crippen molar-refractivity contribution in [3.05, 3.63) is 21.6 Å². The van der Waals surface area contributed by atoms with Crippen LogP contribution in [0.25, 0.3) is 0 Å². The van der Waals surface area contributed by atoms with Crippen LogP contribution >= 0.6 is 39.9 Å². The summed E-state index contributed by atoms with van der Waals surface area (Å²) >= 11 is 9.23. The summed E-state index contributed by atoms with van der Waals surface area (Å²) in [5.74, 6) is 0.419. The van der Waals surface area contributed by atoms with Gasteiger partial charge in [-0.1, -0.05) is 18.0 Å². The average Bonchev–Trinajstić information content (AvgIpc) is 2.84. The van der Waals surface area contributed by atoms with Crippen LogP contribution in [0.15, 0.2) is 21.5 Å². The Morgan fingerprint density at radius 1 is 1.45 bits per heavy atom. The molecule has 1 fully saturated rings. The SMILES string of the molecule is COc1c(Br)cc(Cl)cc1S(=O)(=O)NC1CCCC1CN.Cl. The minimum absolute atomic E-state index is 0. The molecule has 0 spiro atoms. The quantitative estimate of drug-likeness (QED) is 0.747. The third kappa shape index (κ3) is 4.27. The van der Waals surface area contributed by atoms with E-state index < -0.39 is 10.0 Å². The molecule has 1 aromatic rings. The van der Waals surface area contributed by atoms with Crippen molar-refractivity contribution in [2.24, 2.45) is 11.7 Å². The van der Waals surface area contributed by atoms with Crippen LogP contribution in [-0.4, -0.2) is 28.1 Å². The van der Waals surface area contributed by atoms with E-state index in [1.165, 1.54) is 13.2 Å². The molecule has 2 rings (SSSR count). The van der Waals surface area contributed by atoms with E-state index in [9.17, 15) is 8.42 Å². The average molecular weight is 434 g/mol. The summed E-state index contributed by atoms with van der Waals surface area (Å²) < 4.78 is 33.7. The van der Waals surface area contributed by atoms with Crippen molar-refractivity contribution in [1.82, 2.24) is 4.72 Å². The van der Waals surface area contributed by atoms with E-state index in [0.717, 1.165) is 19.3 Å². The van der Waals surface area contributed by atoms with Gasteiger partial charge in [0.05, 0.1) is 11.6 Å². The van der Waals surface area contributed by atoms with E-state index in [1.807, 2.05) is 0 Å². The molecule has 0 saturated heterocycles. The van der Waals surface area contributed by atoms with Gasteiger partial charge in [-0.3, -0.25) is 0 Å². The Bertz CT molecular complexity index is 628. The fraction of sp³-hybridized carbons (Fsp3) is 0.538. The van der Waals surface area contributed by atoms with Gasteiger partial charge in [-0.2, -0.15) is 0 Å². The molecule has 22 heavy (non-hydrogen) atoms. The largest absolute Gasteiger partial charge is 0.494 e. The van der Waals surface area contributed by atoms with Crippen LogP contribution in [0.5, 0.6) is 5.75 Å². The third-order valence-corrected chi connectivity index (χ3v) is 6.04. The molecule has 126 valence electrons. The fourth-order valence-electron chi connectivity index (χ4n) is 2.67. The predicted molar refractivity (Wildman–Crippen MR) is 93.5 cm³/mol. The second-order valence-corrected chi connectivity index (χ2v) is 8.05. The van der Waals surface area contributed by atoms with E-state index in [0.29, 0.717) is 16.0 Å². The van der Waals surface area contributed by atoms with Gasteiger partial charge >= 0.3 is 0 Å². The highest BCUT2D eigenvalue weighted by atomic mass is 79.9. The van der Waals surface area contributed by atoms with Crippen LogP contribution in [-0.2, 0) is 10.0 Å². The van der Waals surface area contributed by atoms with Crippen molar-refractivity contribution < 1.29 is 13.2 Å². The van der Waals surface area contributed by atoms with E-state index in [4.69, 9.17) is 22.1 Å². The zero-order valence-electron chi connectivity index (χ0n) is 12.0. The monoisotopic (exact) mass is 432 g/mol. The highest BCUT2D eigenvalue weighted by Gasteiger charge is 2.32. The Kier molecular flexibility index (Phi) is 7.42. The van der Waals surface area contributed by atoms with Crippen LogP contribution < -0.4 is 15.2 Å². The summed E-state index contributed by atoms with van der Waals surface area (Å²) in [6.07, 6.45) is 2.72. The van der Waals surface area contributed by atoms with Crippen molar-refractivity contribution in [1.29, 1.82) is 0 Å². The molecular formula is C13H19BrCl2N2O3S. The second-order valence-electron chi connectivity index (χ2n) is 5.07. The molecular weight excluding hydrogens is 415 g/mol. The van der Waals surface area contributed by atoms with Gasteiger partial charge < -0.3 is 10.5 Å². The highest BCUT2D eigenvalue weighted by Crippen LogP contribution is 2.36. The molecule has 9 heteroatoms. The number of sulfonamides is 1. The third-order valence-electron chi connectivity index (χ3n) is 3.74. The maximum absolute atomic E-state index is 12.6. The number of nitrogens with one attached hydrogen (secondary N) is 1. The van der Waals surface area contributed by atoms with E-state index in [1.54, 1.807) is 6.07 Å². The highest BCUT2D eigenvalue weighted by molar-refractivity contribution is 9.10. The maximum atomic E-state index is 12.6. The van der Waals surface area contributed by atoms with Gasteiger partial charge in [0, 0.05) is 11.1 Å². The molecule has 0 aromatic heterocycles. The normalized spacial score (nSPS) is 21.5. The first-order valence-electron chi connectivity index (χ1n) is 6.64. The lowest BCUT2D eigenvalue weighted by atomic mass is 10.1. The lowest BCUT2D eigenvalue weighted by molar-refractivity contribution is 0.398. The minimum atomic E-state index is -3.72. The second kappa shape index (κ2) is 8.17. The molecule has 3 N–H and O–H groups in total. The number of halogens is 3. The molecule has 5 nitrogen and oxygen atoms in total. The van der Waals surface area contributed by atoms with E-state index in [-0.39, 0.29) is 35.0 Å². The van der Waals surface area contributed by atoms with Crippen LogP contribution in [0.1, 0.15) is 19.3 Å². The Labute approximate surface area is 150 Å². The van der Waals surface area contributed by atoms with Crippen molar-refractivity contribution >= 4 is 50.0 Å².